The highest BCUT2D eigenvalue weighted by atomic mass is 35.5. The molecule has 1 amide bonds. The van der Waals surface area contributed by atoms with Crippen LogP contribution in [0.4, 0.5) is 14.5 Å². The Morgan fingerprint density at radius 2 is 2.05 bits per heavy atom. The van der Waals surface area contributed by atoms with E-state index in [1.54, 1.807) is 0 Å². The number of anilines is 1. The molecule has 1 atom stereocenters. The highest BCUT2D eigenvalue weighted by Gasteiger charge is 2.43. The Hall–Kier alpha value is -1.60. The van der Waals surface area contributed by atoms with Crippen molar-refractivity contribution in [3.05, 3.63) is 18.2 Å². The highest BCUT2D eigenvalue weighted by Crippen LogP contribution is 2.42. The Balaban J connectivity index is 0.00000161. The lowest BCUT2D eigenvalue weighted by Gasteiger charge is -2.21. The highest BCUT2D eigenvalue weighted by molar-refractivity contribution is 5.95. The fourth-order valence-electron chi connectivity index (χ4n) is 2.32. The number of fused-ring (bicyclic) bond motifs is 1. The first-order valence-electron chi connectivity index (χ1n) is 6.30. The predicted octanol–water partition coefficient (Wildman–Crippen LogP) is 2.37. The van der Waals surface area contributed by atoms with Gasteiger partial charge in [-0.3, -0.25) is 4.79 Å². The van der Waals surface area contributed by atoms with E-state index in [9.17, 15) is 13.6 Å². The minimum absolute atomic E-state index is 0. The van der Waals surface area contributed by atoms with Crippen LogP contribution in [-0.4, -0.2) is 25.3 Å². The standard InChI is InChI=1S/C13H14F2N2O3.ClH/c1-12(4-5-16-7-12)11(18)17-8-2-3-9-10(6-8)20-13(14,15)19-9;/h2-3,6,16H,4-5,7H2,1H3,(H,17,18);1H. The van der Waals surface area contributed by atoms with Gasteiger partial charge in [-0.2, -0.15) is 0 Å². The van der Waals surface area contributed by atoms with Crippen LogP contribution in [0.2, 0.25) is 0 Å². The van der Waals surface area contributed by atoms with Crippen molar-refractivity contribution < 1.29 is 23.0 Å². The van der Waals surface area contributed by atoms with Crippen molar-refractivity contribution in [2.75, 3.05) is 18.4 Å². The van der Waals surface area contributed by atoms with E-state index in [2.05, 4.69) is 20.1 Å². The number of amides is 1. The van der Waals surface area contributed by atoms with Crippen LogP contribution in [0.25, 0.3) is 0 Å². The lowest BCUT2D eigenvalue weighted by Crippen LogP contribution is -2.35. The zero-order chi connectivity index (χ0) is 14.4. The average Bonchev–Trinajstić information content (AvgIpc) is 2.91. The average molecular weight is 321 g/mol. The third kappa shape index (κ3) is 3.03. The third-order valence-corrected chi connectivity index (χ3v) is 3.58. The molecule has 0 aromatic heterocycles. The van der Waals surface area contributed by atoms with Crippen molar-refractivity contribution in [2.24, 2.45) is 5.41 Å². The van der Waals surface area contributed by atoms with Crippen LogP contribution in [0.1, 0.15) is 13.3 Å². The SMILES string of the molecule is CC1(C(=O)Nc2ccc3c(c2)OC(F)(F)O3)CCNC1.Cl. The van der Waals surface area contributed by atoms with Gasteiger partial charge in [-0.15, -0.1) is 21.2 Å². The van der Waals surface area contributed by atoms with E-state index in [0.717, 1.165) is 13.0 Å². The molecule has 0 aliphatic carbocycles. The molecule has 1 aromatic carbocycles. The second-order valence-electron chi connectivity index (χ2n) is 5.27. The maximum Gasteiger partial charge on any atom is 0.586 e. The quantitative estimate of drug-likeness (QED) is 0.878. The summed E-state index contributed by atoms with van der Waals surface area (Å²) in [5, 5.41) is 5.85. The van der Waals surface area contributed by atoms with Crippen molar-refractivity contribution in [1.82, 2.24) is 5.32 Å². The first-order valence-corrected chi connectivity index (χ1v) is 6.30. The number of ether oxygens (including phenoxy) is 2. The monoisotopic (exact) mass is 320 g/mol. The number of hydrogen-bond donors (Lipinski definition) is 2. The lowest BCUT2D eigenvalue weighted by molar-refractivity contribution is -0.286. The van der Waals surface area contributed by atoms with Gasteiger partial charge >= 0.3 is 6.29 Å². The van der Waals surface area contributed by atoms with E-state index < -0.39 is 11.7 Å². The Labute approximate surface area is 126 Å². The summed E-state index contributed by atoms with van der Waals surface area (Å²) in [7, 11) is 0. The maximum absolute atomic E-state index is 12.9. The van der Waals surface area contributed by atoms with E-state index in [-0.39, 0.29) is 29.8 Å². The van der Waals surface area contributed by atoms with Crippen molar-refractivity contribution in [3.8, 4) is 11.5 Å². The fraction of sp³-hybridized carbons (Fsp3) is 0.462. The van der Waals surface area contributed by atoms with E-state index in [0.29, 0.717) is 12.2 Å². The van der Waals surface area contributed by atoms with Crippen LogP contribution in [0, 0.1) is 5.41 Å². The van der Waals surface area contributed by atoms with Gasteiger partial charge in [0.1, 0.15) is 0 Å². The molecule has 2 heterocycles. The predicted molar refractivity (Wildman–Crippen MR) is 74.1 cm³/mol. The van der Waals surface area contributed by atoms with Crippen LogP contribution >= 0.6 is 12.4 Å². The molecular formula is C13H15ClF2N2O3. The Bertz CT molecular complexity index is 562. The fourth-order valence-corrected chi connectivity index (χ4v) is 2.32. The molecule has 3 rings (SSSR count). The molecule has 116 valence electrons. The zero-order valence-electron chi connectivity index (χ0n) is 11.2. The van der Waals surface area contributed by atoms with Gasteiger partial charge in [0.25, 0.3) is 0 Å². The number of nitrogens with one attached hydrogen (secondary N) is 2. The number of benzene rings is 1. The summed E-state index contributed by atoms with van der Waals surface area (Å²) >= 11 is 0. The molecule has 0 radical (unpaired) electrons. The summed E-state index contributed by atoms with van der Waals surface area (Å²) in [6, 6.07) is 4.19. The molecule has 1 unspecified atom stereocenters. The van der Waals surface area contributed by atoms with Gasteiger partial charge in [0, 0.05) is 18.3 Å². The van der Waals surface area contributed by atoms with Crippen LogP contribution in [0.5, 0.6) is 11.5 Å². The van der Waals surface area contributed by atoms with Crippen LogP contribution in [-0.2, 0) is 4.79 Å². The lowest BCUT2D eigenvalue weighted by atomic mass is 9.89. The number of carbonyl (C=O) groups is 1. The number of rotatable bonds is 2. The molecule has 1 saturated heterocycles. The summed E-state index contributed by atoms with van der Waals surface area (Å²) in [4.78, 5) is 12.2. The largest absolute Gasteiger partial charge is 0.586 e. The molecule has 1 fully saturated rings. The first kappa shape index (κ1) is 15.8. The van der Waals surface area contributed by atoms with Crippen LogP contribution in [0.15, 0.2) is 18.2 Å². The van der Waals surface area contributed by atoms with Gasteiger partial charge in [0.05, 0.1) is 5.41 Å². The van der Waals surface area contributed by atoms with Gasteiger partial charge < -0.3 is 20.1 Å². The van der Waals surface area contributed by atoms with E-state index >= 15 is 0 Å². The van der Waals surface area contributed by atoms with E-state index in [4.69, 9.17) is 0 Å². The molecule has 0 spiro atoms. The molecule has 2 aliphatic rings. The molecule has 0 saturated carbocycles. The smallest absolute Gasteiger partial charge is 0.395 e. The summed E-state index contributed by atoms with van der Waals surface area (Å²) < 4.78 is 34.4. The third-order valence-electron chi connectivity index (χ3n) is 3.58. The van der Waals surface area contributed by atoms with Crippen molar-refractivity contribution in [1.29, 1.82) is 0 Å². The number of halogens is 3. The summed E-state index contributed by atoms with van der Waals surface area (Å²) in [6.07, 6.45) is -2.91. The van der Waals surface area contributed by atoms with Gasteiger partial charge in [-0.1, -0.05) is 0 Å². The molecule has 5 nitrogen and oxygen atoms in total. The Morgan fingerprint density at radius 3 is 2.71 bits per heavy atom. The molecule has 21 heavy (non-hydrogen) atoms. The Kier molecular flexibility index (Phi) is 3.99. The minimum Gasteiger partial charge on any atom is -0.395 e. The topological polar surface area (TPSA) is 59.6 Å². The molecule has 2 aliphatic heterocycles. The van der Waals surface area contributed by atoms with Crippen LogP contribution < -0.4 is 20.1 Å². The van der Waals surface area contributed by atoms with Crippen LogP contribution in [0.3, 0.4) is 0 Å². The summed E-state index contributed by atoms with van der Waals surface area (Å²) in [5.41, 5.74) is -0.0801. The molecule has 1 aromatic rings. The van der Waals surface area contributed by atoms with Gasteiger partial charge in [0.15, 0.2) is 11.5 Å². The maximum atomic E-state index is 12.9. The second kappa shape index (κ2) is 5.31. The minimum atomic E-state index is -3.65. The van der Waals surface area contributed by atoms with Crippen molar-refractivity contribution >= 4 is 24.0 Å². The normalized spacial score (nSPS) is 25.3. The first-order chi connectivity index (χ1) is 9.38. The van der Waals surface area contributed by atoms with E-state index in [1.807, 2.05) is 6.92 Å². The number of hydrogen-bond acceptors (Lipinski definition) is 4. The van der Waals surface area contributed by atoms with Gasteiger partial charge in [0.2, 0.25) is 5.91 Å². The molecule has 0 bridgehead atoms. The van der Waals surface area contributed by atoms with Crippen molar-refractivity contribution in [2.45, 2.75) is 19.6 Å². The second-order valence-corrected chi connectivity index (χ2v) is 5.27. The number of alkyl halides is 2. The van der Waals surface area contributed by atoms with E-state index in [1.165, 1.54) is 18.2 Å². The van der Waals surface area contributed by atoms with Gasteiger partial charge in [-0.05, 0) is 32.0 Å². The Morgan fingerprint density at radius 1 is 1.33 bits per heavy atom. The zero-order valence-corrected chi connectivity index (χ0v) is 12.1. The van der Waals surface area contributed by atoms with Crippen molar-refractivity contribution in [3.63, 3.8) is 0 Å². The molecular weight excluding hydrogens is 306 g/mol. The molecule has 8 heteroatoms. The number of carbonyl (C=O) groups excluding carboxylic acids is 1. The summed E-state index contributed by atoms with van der Waals surface area (Å²) in [5.74, 6) is -0.266. The molecule has 2 N–H and O–H groups in total. The van der Waals surface area contributed by atoms with Gasteiger partial charge in [-0.25, -0.2) is 0 Å². The summed E-state index contributed by atoms with van der Waals surface area (Å²) in [6.45, 7) is 3.25.